The molecule has 6 unspecified atom stereocenters. The van der Waals surface area contributed by atoms with Gasteiger partial charge < -0.3 is 5.11 Å². The Morgan fingerprint density at radius 2 is 1.71 bits per heavy atom. The second-order valence-corrected chi connectivity index (χ2v) is 5.96. The maximum Gasteiger partial charge on any atom is 0.420 e. The lowest BCUT2D eigenvalue weighted by Gasteiger charge is -2.46. The molecule has 2 rings (SSSR count). The number of fused-ring (bicyclic) bond motifs is 2. The molecule has 0 heterocycles. The second-order valence-electron chi connectivity index (χ2n) is 5.96. The summed E-state index contributed by atoms with van der Waals surface area (Å²) in [7, 11) is 0. The molecule has 2 fully saturated rings. The monoisotopic (exact) mass is 254 g/mol. The first-order valence-electron chi connectivity index (χ1n) is 6.00. The first kappa shape index (κ1) is 13.1. The first-order chi connectivity index (χ1) is 7.52. The van der Waals surface area contributed by atoms with Gasteiger partial charge in [0.25, 0.3) is 0 Å². The third-order valence-electron chi connectivity index (χ3n) is 5.27. The van der Waals surface area contributed by atoms with Crippen molar-refractivity contribution < 1.29 is 22.7 Å². The van der Waals surface area contributed by atoms with Crippen molar-refractivity contribution >= 4 is 0 Å². The average Bonchev–Trinajstić information content (AvgIpc) is 2.64. The molecule has 2 bridgehead atoms. The Morgan fingerprint density at radius 3 is 2.06 bits per heavy atom. The van der Waals surface area contributed by atoms with Crippen molar-refractivity contribution in [3.63, 3.8) is 0 Å². The Labute approximate surface area is 98.2 Å². The van der Waals surface area contributed by atoms with Gasteiger partial charge in [-0.05, 0) is 43.4 Å². The van der Waals surface area contributed by atoms with E-state index in [0.29, 0.717) is 13.3 Å². The van der Waals surface area contributed by atoms with Gasteiger partial charge in [0.15, 0.2) is 11.3 Å². The summed E-state index contributed by atoms with van der Waals surface area (Å²) in [5.74, 6) is -0.576. The number of hydrogen-bond donors (Lipinski definition) is 1. The SMILES string of the molecule is CC1C2CC(C1C)C(F)(C(C)(O)C(F)(F)F)C2. The van der Waals surface area contributed by atoms with Gasteiger partial charge in [-0.15, -0.1) is 0 Å². The van der Waals surface area contributed by atoms with E-state index in [2.05, 4.69) is 0 Å². The molecule has 6 atom stereocenters. The number of alkyl halides is 4. The predicted molar refractivity (Wildman–Crippen MR) is 55.1 cm³/mol. The lowest BCUT2D eigenvalue weighted by Crippen LogP contribution is -2.62. The number of halogens is 4. The normalized spacial score (nSPS) is 49.4. The third kappa shape index (κ3) is 1.47. The molecule has 0 aromatic rings. The van der Waals surface area contributed by atoms with Crippen molar-refractivity contribution in [1.82, 2.24) is 0 Å². The largest absolute Gasteiger partial charge is 0.420 e. The maximum atomic E-state index is 14.7. The number of aliphatic hydroxyl groups is 1. The van der Waals surface area contributed by atoms with Crippen molar-refractivity contribution in [2.45, 2.75) is 51.1 Å². The van der Waals surface area contributed by atoms with Gasteiger partial charge in [0.1, 0.15) is 0 Å². The average molecular weight is 254 g/mol. The van der Waals surface area contributed by atoms with Crippen LogP contribution in [0.15, 0.2) is 0 Å². The molecule has 0 spiro atoms. The molecule has 5 heteroatoms. The minimum absolute atomic E-state index is 0.0335. The topological polar surface area (TPSA) is 20.2 Å². The van der Waals surface area contributed by atoms with Crippen LogP contribution >= 0.6 is 0 Å². The van der Waals surface area contributed by atoms with Crippen LogP contribution in [-0.2, 0) is 0 Å². The van der Waals surface area contributed by atoms with Crippen LogP contribution in [-0.4, -0.2) is 22.6 Å². The van der Waals surface area contributed by atoms with Crippen LogP contribution in [0.3, 0.4) is 0 Å². The van der Waals surface area contributed by atoms with Crippen LogP contribution in [0, 0.1) is 23.7 Å². The second kappa shape index (κ2) is 3.37. The molecule has 0 amide bonds. The van der Waals surface area contributed by atoms with Gasteiger partial charge in [0.2, 0.25) is 0 Å². The van der Waals surface area contributed by atoms with Crippen molar-refractivity contribution in [2.75, 3.05) is 0 Å². The van der Waals surface area contributed by atoms with Crippen LogP contribution < -0.4 is 0 Å². The smallest absolute Gasteiger partial charge is 0.378 e. The molecule has 2 aliphatic carbocycles. The fraction of sp³-hybridized carbons (Fsp3) is 1.00. The summed E-state index contributed by atoms with van der Waals surface area (Å²) in [6, 6.07) is 0. The minimum Gasteiger partial charge on any atom is -0.378 e. The molecule has 2 saturated carbocycles. The quantitative estimate of drug-likeness (QED) is 0.712. The van der Waals surface area contributed by atoms with Crippen molar-refractivity contribution in [2.24, 2.45) is 23.7 Å². The van der Waals surface area contributed by atoms with Crippen molar-refractivity contribution in [3.8, 4) is 0 Å². The van der Waals surface area contributed by atoms with Gasteiger partial charge in [-0.1, -0.05) is 13.8 Å². The molecule has 1 N–H and O–H groups in total. The molecule has 0 aromatic heterocycles. The zero-order valence-electron chi connectivity index (χ0n) is 10.2. The van der Waals surface area contributed by atoms with Gasteiger partial charge >= 0.3 is 6.18 Å². The highest BCUT2D eigenvalue weighted by Gasteiger charge is 2.72. The Balaban J connectivity index is 2.35. The Bertz CT molecular complexity index is 323. The zero-order valence-corrected chi connectivity index (χ0v) is 10.2. The van der Waals surface area contributed by atoms with E-state index in [0.717, 1.165) is 0 Å². The molecule has 17 heavy (non-hydrogen) atoms. The Morgan fingerprint density at radius 1 is 1.18 bits per heavy atom. The van der Waals surface area contributed by atoms with Crippen molar-refractivity contribution in [3.05, 3.63) is 0 Å². The zero-order chi connectivity index (χ0) is 13.2. The van der Waals surface area contributed by atoms with E-state index in [-0.39, 0.29) is 24.2 Å². The van der Waals surface area contributed by atoms with Crippen LogP contribution in [0.4, 0.5) is 17.6 Å². The molecule has 0 saturated heterocycles. The Hall–Kier alpha value is -0.320. The highest BCUT2D eigenvalue weighted by Crippen LogP contribution is 2.63. The standard InChI is InChI=1S/C12H18F4O/c1-6-7(2)9-4-8(6)5-11(9,13)10(3,17)12(14,15)16/h6-9,17H,4-5H2,1-3H3. The molecular formula is C12H18F4O. The van der Waals surface area contributed by atoms with Crippen LogP contribution in [0.1, 0.15) is 33.6 Å². The molecule has 2 aliphatic rings. The summed E-state index contributed by atoms with van der Waals surface area (Å²) < 4.78 is 53.1. The van der Waals surface area contributed by atoms with E-state index in [1.165, 1.54) is 0 Å². The van der Waals surface area contributed by atoms with Gasteiger partial charge in [0, 0.05) is 0 Å². The molecule has 0 aromatic carbocycles. The number of hydrogen-bond acceptors (Lipinski definition) is 1. The highest BCUT2D eigenvalue weighted by atomic mass is 19.4. The van der Waals surface area contributed by atoms with Crippen LogP contribution in [0.25, 0.3) is 0 Å². The van der Waals surface area contributed by atoms with Crippen LogP contribution in [0.2, 0.25) is 0 Å². The van der Waals surface area contributed by atoms with E-state index in [1.807, 2.05) is 6.92 Å². The third-order valence-corrected chi connectivity index (χ3v) is 5.27. The summed E-state index contributed by atoms with van der Waals surface area (Å²) in [6.07, 6.45) is -4.63. The van der Waals surface area contributed by atoms with Crippen molar-refractivity contribution in [1.29, 1.82) is 0 Å². The lowest BCUT2D eigenvalue weighted by molar-refractivity contribution is -0.307. The van der Waals surface area contributed by atoms with E-state index >= 15 is 0 Å². The van der Waals surface area contributed by atoms with E-state index < -0.39 is 23.4 Å². The fourth-order valence-electron chi connectivity index (χ4n) is 3.75. The molecule has 100 valence electrons. The highest BCUT2D eigenvalue weighted by molar-refractivity contribution is 5.16. The number of rotatable bonds is 1. The molecular weight excluding hydrogens is 236 g/mol. The molecule has 0 radical (unpaired) electrons. The minimum atomic E-state index is -4.92. The van der Waals surface area contributed by atoms with E-state index in [1.54, 1.807) is 6.92 Å². The summed E-state index contributed by atoms with van der Waals surface area (Å²) in [4.78, 5) is 0. The van der Waals surface area contributed by atoms with E-state index in [4.69, 9.17) is 0 Å². The summed E-state index contributed by atoms with van der Waals surface area (Å²) in [5, 5.41) is 9.64. The van der Waals surface area contributed by atoms with Gasteiger partial charge in [0.05, 0.1) is 0 Å². The maximum absolute atomic E-state index is 14.7. The van der Waals surface area contributed by atoms with E-state index in [9.17, 15) is 22.7 Å². The lowest BCUT2D eigenvalue weighted by atomic mass is 9.67. The van der Waals surface area contributed by atoms with Gasteiger partial charge in [-0.25, -0.2) is 4.39 Å². The van der Waals surface area contributed by atoms with Gasteiger partial charge in [-0.3, -0.25) is 0 Å². The summed E-state index contributed by atoms with van der Waals surface area (Å²) in [5.41, 5.74) is -5.77. The fourth-order valence-corrected chi connectivity index (χ4v) is 3.75. The Kier molecular flexibility index (Phi) is 2.60. The van der Waals surface area contributed by atoms with Gasteiger partial charge in [-0.2, -0.15) is 13.2 Å². The first-order valence-corrected chi connectivity index (χ1v) is 6.00. The predicted octanol–water partition coefficient (Wildman–Crippen LogP) is 3.32. The molecule has 0 aliphatic heterocycles. The van der Waals surface area contributed by atoms with Crippen LogP contribution in [0.5, 0.6) is 0 Å². The summed E-state index contributed by atoms with van der Waals surface area (Å²) >= 11 is 0. The molecule has 1 nitrogen and oxygen atoms in total. The summed E-state index contributed by atoms with van der Waals surface area (Å²) in [6.45, 7) is 4.32.